The first-order chi connectivity index (χ1) is 23.4. The van der Waals surface area contributed by atoms with Gasteiger partial charge < -0.3 is 31.9 Å². The van der Waals surface area contributed by atoms with Crippen LogP contribution >= 0.6 is 0 Å². The van der Waals surface area contributed by atoms with E-state index in [9.17, 15) is 28.8 Å². The molecule has 0 aliphatic heterocycles. The molecular formula is C42H96N6O6. The molecule has 0 aliphatic rings. The van der Waals surface area contributed by atoms with Crippen LogP contribution in [0.4, 0.5) is 0 Å². The standard InChI is InChI=1S/4C7H15NO.C6H13NO.C5H11NO.3CH4/c4*1-4-5-7(9)8-6(2)3;1-4-6(8)7-5(2)3;1-4(2)6-5(3)7;;;/h4*6H,4-5H2,1-3H3,(H,8,9);5H,4H2,1-3H3,(H,7,8);4H,1-3H3,(H,6,7);3*1H4. The molecule has 6 amide bonds. The molecule has 0 aromatic rings. The quantitative estimate of drug-likeness (QED) is 0.0970. The molecule has 0 heterocycles. The fourth-order valence-electron chi connectivity index (χ4n) is 3.32. The lowest BCUT2D eigenvalue weighted by atomic mass is 10.3. The van der Waals surface area contributed by atoms with E-state index in [1.807, 2.05) is 118 Å². The average Bonchev–Trinajstić information content (AvgIpc) is 2.92. The van der Waals surface area contributed by atoms with Crippen LogP contribution in [-0.2, 0) is 28.8 Å². The van der Waals surface area contributed by atoms with Gasteiger partial charge in [-0.3, -0.25) is 28.8 Å². The van der Waals surface area contributed by atoms with E-state index in [0.717, 1.165) is 25.7 Å². The summed E-state index contributed by atoms with van der Waals surface area (Å²) in [5.74, 6) is 0.801. The van der Waals surface area contributed by atoms with Crippen molar-refractivity contribution in [1.82, 2.24) is 31.9 Å². The molecule has 0 aromatic carbocycles. The van der Waals surface area contributed by atoms with Crippen LogP contribution in [0.1, 0.15) is 205 Å². The largest absolute Gasteiger partial charge is 0.354 e. The van der Waals surface area contributed by atoms with Crippen molar-refractivity contribution in [3.8, 4) is 0 Å². The first-order valence-electron chi connectivity index (χ1n) is 19.2. The van der Waals surface area contributed by atoms with E-state index < -0.39 is 0 Å². The van der Waals surface area contributed by atoms with Gasteiger partial charge in [0.1, 0.15) is 0 Å². The fraction of sp³-hybridized carbons (Fsp3) is 0.857. The number of hydrogen-bond donors (Lipinski definition) is 6. The van der Waals surface area contributed by atoms with Gasteiger partial charge in [0.15, 0.2) is 0 Å². The van der Waals surface area contributed by atoms with Gasteiger partial charge in [-0.1, -0.05) is 56.9 Å². The van der Waals surface area contributed by atoms with Crippen LogP contribution in [0, 0.1) is 0 Å². The Hall–Kier alpha value is -3.18. The summed E-state index contributed by atoms with van der Waals surface area (Å²) in [5, 5.41) is 16.6. The van der Waals surface area contributed by atoms with Crippen molar-refractivity contribution < 1.29 is 28.8 Å². The Labute approximate surface area is 336 Å². The molecule has 54 heavy (non-hydrogen) atoms. The lowest BCUT2D eigenvalue weighted by molar-refractivity contribution is -0.122. The molecule has 330 valence electrons. The molecule has 12 heteroatoms. The second-order valence-corrected chi connectivity index (χ2v) is 13.8. The number of hydrogen-bond acceptors (Lipinski definition) is 6. The Balaban J connectivity index is -0.0000000637. The predicted molar refractivity (Wildman–Crippen MR) is 235 cm³/mol. The summed E-state index contributed by atoms with van der Waals surface area (Å²) in [5.41, 5.74) is 0. The van der Waals surface area contributed by atoms with Crippen LogP contribution in [0.15, 0.2) is 0 Å². The number of nitrogens with one attached hydrogen (secondary N) is 6. The van der Waals surface area contributed by atoms with E-state index in [1.54, 1.807) is 0 Å². The first kappa shape index (κ1) is 72.1. The summed E-state index contributed by atoms with van der Waals surface area (Å²) in [7, 11) is 0. The van der Waals surface area contributed by atoms with Crippen molar-refractivity contribution in [3.63, 3.8) is 0 Å². The van der Waals surface area contributed by atoms with Crippen LogP contribution in [-0.4, -0.2) is 71.7 Å². The van der Waals surface area contributed by atoms with E-state index in [4.69, 9.17) is 0 Å². The van der Waals surface area contributed by atoms with E-state index in [-0.39, 0.29) is 94.0 Å². The molecule has 0 aromatic heterocycles. The van der Waals surface area contributed by atoms with E-state index in [0.29, 0.717) is 32.1 Å². The van der Waals surface area contributed by atoms with Crippen molar-refractivity contribution in [1.29, 1.82) is 0 Å². The molecule has 0 aliphatic carbocycles. The zero-order chi connectivity index (χ0) is 41.5. The lowest BCUT2D eigenvalue weighted by Gasteiger charge is -2.05. The van der Waals surface area contributed by atoms with Crippen molar-refractivity contribution in [2.24, 2.45) is 0 Å². The summed E-state index contributed by atoms with van der Waals surface area (Å²) in [6.07, 6.45) is 6.90. The summed E-state index contributed by atoms with van der Waals surface area (Å²) in [6, 6.07) is 1.68. The van der Waals surface area contributed by atoms with Crippen molar-refractivity contribution in [2.75, 3.05) is 0 Å². The zero-order valence-corrected chi connectivity index (χ0v) is 36.3. The third-order valence-electron chi connectivity index (χ3n) is 4.97. The van der Waals surface area contributed by atoms with Crippen molar-refractivity contribution in [3.05, 3.63) is 0 Å². The molecule has 0 fully saturated rings. The van der Waals surface area contributed by atoms with Crippen molar-refractivity contribution in [2.45, 2.75) is 241 Å². The maximum absolute atomic E-state index is 10.7. The topological polar surface area (TPSA) is 175 Å². The van der Waals surface area contributed by atoms with E-state index in [2.05, 4.69) is 31.9 Å². The minimum Gasteiger partial charge on any atom is -0.354 e. The number of carbonyl (C=O) groups excluding carboxylic acids is 6. The Morgan fingerprint density at radius 3 is 0.574 bits per heavy atom. The normalized spacial score (nSPS) is 9.11. The van der Waals surface area contributed by atoms with E-state index >= 15 is 0 Å². The summed E-state index contributed by atoms with van der Waals surface area (Å²) >= 11 is 0. The van der Waals surface area contributed by atoms with Crippen LogP contribution in [0.2, 0.25) is 0 Å². The lowest BCUT2D eigenvalue weighted by Crippen LogP contribution is -2.29. The van der Waals surface area contributed by atoms with Gasteiger partial charge in [-0.2, -0.15) is 0 Å². The molecule has 0 unspecified atom stereocenters. The van der Waals surface area contributed by atoms with Gasteiger partial charge in [-0.25, -0.2) is 0 Å². The number of rotatable bonds is 15. The number of amides is 6. The Morgan fingerprint density at radius 2 is 0.500 bits per heavy atom. The molecule has 0 spiro atoms. The summed E-state index contributed by atoms with van der Waals surface area (Å²) < 4.78 is 0. The molecule has 0 bridgehead atoms. The van der Waals surface area contributed by atoms with Gasteiger partial charge in [0.2, 0.25) is 35.4 Å². The van der Waals surface area contributed by atoms with Crippen molar-refractivity contribution >= 4 is 35.4 Å². The van der Waals surface area contributed by atoms with Gasteiger partial charge in [0.25, 0.3) is 0 Å². The molecule has 0 rings (SSSR count). The minimum atomic E-state index is 0. The van der Waals surface area contributed by atoms with Crippen LogP contribution in [0.25, 0.3) is 0 Å². The summed E-state index contributed by atoms with van der Waals surface area (Å²) in [6.45, 7) is 34.9. The minimum absolute atomic E-state index is 0. The SMILES string of the molecule is C.C.C.CC(=O)NC(C)C.CCC(=O)NC(C)C.CCCC(=O)NC(C)C.CCCC(=O)NC(C)C.CCCC(=O)NC(C)C.CCCC(=O)NC(C)C. The highest BCUT2D eigenvalue weighted by molar-refractivity contribution is 5.77. The molecule has 0 saturated heterocycles. The molecule has 6 N–H and O–H groups in total. The highest BCUT2D eigenvalue weighted by atomic mass is 16.2. The third kappa shape index (κ3) is 92.1. The van der Waals surface area contributed by atoms with Gasteiger partial charge in [-0.05, 0) is 109 Å². The van der Waals surface area contributed by atoms with Gasteiger partial charge in [0.05, 0.1) is 0 Å². The van der Waals surface area contributed by atoms with Gasteiger partial charge >= 0.3 is 0 Å². The van der Waals surface area contributed by atoms with E-state index in [1.165, 1.54) is 6.92 Å². The Morgan fingerprint density at radius 1 is 0.333 bits per heavy atom. The highest BCUT2D eigenvalue weighted by Crippen LogP contribution is 1.89. The fourth-order valence-corrected chi connectivity index (χ4v) is 3.32. The van der Waals surface area contributed by atoms with Gasteiger partial charge in [0, 0.05) is 75.3 Å². The van der Waals surface area contributed by atoms with Crippen LogP contribution in [0.3, 0.4) is 0 Å². The molecule has 12 nitrogen and oxygen atoms in total. The molecular weight excluding hydrogens is 684 g/mol. The highest BCUT2D eigenvalue weighted by Gasteiger charge is 2.01. The summed E-state index contributed by atoms with van der Waals surface area (Å²) in [4.78, 5) is 63.6. The second kappa shape index (κ2) is 51.9. The monoisotopic (exact) mass is 781 g/mol. The molecule has 0 atom stereocenters. The van der Waals surface area contributed by atoms with Gasteiger partial charge in [-0.15, -0.1) is 0 Å². The smallest absolute Gasteiger partial charge is 0.220 e. The molecule has 0 saturated carbocycles. The maximum atomic E-state index is 10.7. The first-order valence-corrected chi connectivity index (χ1v) is 19.2. The van der Waals surface area contributed by atoms with Crippen LogP contribution < -0.4 is 31.9 Å². The number of carbonyl (C=O) groups is 6. The maximum Gasteiger partial charge on any atom is 0.220 e. The predicted octanol–water partition coefficient (Wildman–Crippen LogP) is 8.60. The van der Waals surface area contributed by atoms with Crippen LogP contribution in [0.5, 0.6) is 0 Å². The Kier molecular flexibility index (Phi) is 69.4. The second-order valence-electron chi connectivity index (χ2n) is 13.8. The zero-order valence-electron chi connectivity index (χ0n) is 36.3. The molecule has 0 radical (unpaired) electrons. The Bertz CT molecular complexity index is 764. The average molecular weight is 781 g/mol. The third-order valence-corrected chi connectivity index (χ3v) is 4.97.